The number of carbonyl (C=O) groups excluding carboxylic acids is 2. The molecule has 1 aromatic rings. The summed E-state index contributed by atoms with van der Waals surface area (Å²) in [7, 11) is 0. The predicted octanol–water partition coefficient (Wildman–Crippen LogP) is 0.299. The van der Waals surface area contributed by atoms with E-state index in [0.29, 0.717) is 31.1 Å². The van der Waals surface area contributed by atoms with E-state index < -0.39 is 0 Å². The van der Waals surface area contributed by atoms with E-state index in [1.807, 2.05) is 24.3 Å². The van der Waals surface area contributed by atoms with Crippen LogP contribution in [0, 0.1) is 0 Å². The van der Waals surface area contributed by atoms with Gasteiger partial charge in [0.15, 0.2) is 6.61 Å². The lowest BCUT2D eigenvalue weighted by Gasteiger charge is -2.29. The number of nitrogens with two attached hydrogens (primary N) is 1. The van der Waals surface area contributed by atoms with Crippen molar-refractivity contribution in [2.45, 2.75) is 6.42 Å². The molecule has 1 heterocycles. The summed E-state index contributed by atoms with van der Waals surface area (Å²) in [5.41, 5.74) is 6.02. The lowest BCUT2D eigenvalue weighted by atomic mass is 10.2. The third-order valence-electron chi connectivity index (χ3n) is 2.84. The van der Waals surface area contributed by atoms with Crippen LogP contribution in [0.3, 0.4) is 0 Å². The van der Waals surface area contributed by atoms with Crippen molar-refractivity contribution in [3.8, 4) is 5.75 Å². The maximum Gasteiger partial charge on any atom is 0.265 e. The van der Waals surface area contributed by atoms with Crippen molar-refractivity contribution in [2.24, 2.45) is 5.73 Å². The van der Waals surface area contributed by atoms with Crippen molar-refractivity contribution in [1.29, 1.82) is 0 Å². The second-order valence-electron chi connectivity index (χ2n) is 4.19. The van der Waals surface area contributed by atoms with Gasteiger partial charge in [-0.3, -0.25) is 9.59 Å². The number of halogens is 1. The van der Waals surface area contributed by atoms with E-state index in [4.69, 9.17) is 10.5 Å². The Morgan fingerprint density at radius 1 is 1.40 bits per heavy atom. The Hall–Kier alpha value is -1.79. The molecular formula is C13H18ClN3O3. The second-order valence-corrected chi connectivity index (χ2v) is 4.19. The molecule has 0 aromatic heterocycles. The van der Waals surface area contributed by atoms with Gasteiger partial charge in [0.05, 0.1) is 5.69 Å². The van der Waals surface area contributed by atoms with Crippen LogP contribution in [0.15, 0.2) is 24.3 Å². The molecule has 0 radical (unpaired) electrons. The van der Waals surface area contributed by atoms with E-state index in [-0.39, 0.29) is 37.2 Å². The van der Waals surface area contributed by atoms with E-state index in [1.54, 1.807) is 4.90 Å². The quantitative estimate of drug-likeness (QED) is 0.819. The molecule has 0 spiro atoms. The summed E-state index contributed by atoms with van der Waals surface area (Å²) in [6.07, 6.45) is 0.250. The minimum absolute atomic E-state index is 0. The predicted molar refractivity (Wildman–Crippen MR) is 78.2 cm³/mol. The molecule has 0 aliphatic carbocycles. The number of rotatable bonds is 5. The summed E-state index contributed by atoms with van der Waals surface area (Å²) in [5.74, 6) is 0.428. The van der Waals surface area contributed by atoms with Gasteiger partial charge in [0, 0.05) is 26.1 Å². The summed E-state index contributed by atoms with van der Waals surface area (Å²) in [4.78, 5) is 24.9. The smallest absolute Gasteiger partial charge is 0.265 e. The molecule has 2 rings (SSSR count). The average Bonchev–Trinajstić information content (AvgIpc) is 2.44. The van der Waals surface area contributed by atoms with Gasteiger partial charge in [-0.25, -0.2) is 0 Å². The maximum atomic E-state index is 11.8. The number of para-hydroxylation sites is 2. The van der Waals surface area contributed by atoms with Crippen LogP contribution >= 0.6 is 12.4 Å². The lowest BCUT2D eigenvalue weighted by Crippen LogP contribution is -2.41. The fraction of sp³-hybridized carbons (Fsp3) is 0.385. The van der Waals surface area contributed by atoms with Crippen LogP contribution < -0.4 is 20.7 Å². The van der Waals surface area contributed by atoms with Gasteiger partial charge in [-0.2, -0.15) is 0 Å². The summed E-state index contributed by atoms with van der Waals surface area (Å²) in [6.45, 7) is 1.22. The number of ether oxygens (including phenoxy) is 1. The molecule has 1 aliphatic heterocycles. The number of hydrogen-bond acceptors (Lipinski definition) is 4. The molecule has 3 N–H and O–H groups in total. The first-order valence-corrected chi connectivity index (χ1v) is 6.21. The summed E-state index contributed by atoms with van der Waals surface area (Å²) >= 11 is 0. The number of carbonyl (C=O) groups is 2. The first-order chi connectivity index (χ1) is 9.22. The number of fused-ring (bicyclic) bond motifs is 1. The normalized spacial score (nSPS) is 13.1. The fourth-order valence-corrected chi connectivity index (χ4v) is 1.91. The third-order valence-corrected chi connectivity index (χ3v) is 2.84. The molecule has 0 saturated carbocycles. The van der Waals surface area contributed by atoms with Crippen LogP contribution in [-0.2, 0) is 9.59 Å². The zero-order valence-electron chi connectivity index (χ0n) is 11.0. The van der Waals surface area contributed by atoms with Gasteiger partial charge in [-0.05, 0) is 12.1 Å². The minimum atomic E-state index is -0.134. The molecule has 0 atom stereocenters. The standard InChI is InChI=1S/C13H17N3O3.ClH/c14-6-7-15-12(17)5-8-16-10-3-1-2-4-11(10)19-9-13(16)18;/h1-4H,5-9,14H2,(H,15,17);1H. The Morgan fingerprint density at radius 3 is 2.90 bits per heavy atom. The van der Waals surface area contributed by atoms with E-state index in [0.717, 1.165) is 0 Å². The highest BCUT2D eigenvalue weighted by Gasteiger charge is 2.25. The first kappa shape index (κ1) is 16.3. The SMILES string of the molecule is Cl.NCCNC(=O)CCN1C(=O)COc2ccccc21. The van der Waals surface area contributed by atoms with Crippen molar-refractivity contribution < 1.29 is 14.3 Å². The Morgan fingerprint density at radius 2 is 2.15 bits per heavy atom. The van der Waals surface area contributed by atoms with Crippen molar-refractivity contribution in [2.75, 3.05) is 31.1 Å². The molecular weight excluding hydrogens is 282 g/mol. The van der Waals surface area contributed by atoms with Gasteiger partial charge in [0.2, 0.25) is 5.91 Å². The zero-order valence-corrected chi connectivity index (χ0v) is 11.8. The number of anilines is 1. The molecule has 6 nitrogen and oxygen atoms in total. The van der Waals surface area contributed by atoms with Crippen LogP contribution in [-0.4, -0.2) is 38.1 Å². The molecule has 1 aromatic carbocycles. The number of benzene rings is 1. The Kier molecular flexibility index (Phi) is 6.27. The molecule has 110 valence electrons. The Labute approximate surface area is 123 Å². The molecule has 1 aliphatic rings. The molecule has 20 heavy (non-hydrogen) atoms. The van der Waals surface area contributed by atoms with E-state index in [2.05, 4.69) is 5.32 Å². The topological polar surface area (TPSA) is 84.7 Å². The van der Waals surface area contributed by atoms with Crippen LogP contribution in [0.25, 0.3) is 0 Å². The number of amides is 2. The van der Waals surface area contributed by atoms with E-state index >= 15 is 0 Å². The van der Waals surface area contributed by atoms with Gasteiger partial charge in [0.1, 0.15) is 5.75 Å². The highest BCUT2D eigenvalue weighted by Crippen LogP contribution is 2.31. The summed E-state index contributed by atoms with van der Waals surface area (Å²) in [6, 6.07) is 7.30. The summed E-state index contributed by atoms with van der Waals surface area (Å²) in [5, 5.41) is 2.68. The second kappa shape index (κ2) is 7.72. The molecule has 2 amide bonds. The maximum absolute atomic E-state index is 11.8. The van der Waals surface area contributed by atoms with Gasteiger partial charge in [-0.15, -0.1) is 12.4 Å². The fourth-order valence-electron chi connectivity index (χ4n) is 1.91. The third kappa shape index (κ3) is 3.85. The largest absolute Gasteiger partial charge is 0.482 e. The number of nitrogens with one attached hydrogen (secondary N) is 1. The lowest BCUT2D eigenvalue weighted by molar-refractivity contribution is -0.122. The van der Waals surface area contributed by atoms with Gasteiger partial charge >= 0.3 is 0 Å². The van der Waals surface area contributed by atoms with Crippen molar-refractivity contribution in [1.82, 2.24) is 5.32 Å². The average molecular weight is 300 g/mol. The molecule has 0 unspecified atom stereocenters. The van der Waals surface area contributed by atoms with Crippen LogP contribution in [0.1, 0.15) is 6.42 Å². The Bertz CT molecular complexity index is 482. The summed E-state index contributed by atoms with van der Waals surface area (Å²) < 4.78 is 5.33. The first-order valence-electron chi connectivity index (χ1n) is 6.21. The van der Waals surface area contributed by atoms with Crippen LogP contribution in [0.4, 0.5) is 5.69 Å². The van der Waals surface area contributed by atoms with Crippen LogP contribution in [0.2, 0.25) is 0 Å². The van der Waals surface area contributed by atoms with Crippen LogP contribution in [0.5, 0.6) is 5.75 Å². The van der Waals surface area contributed by atoms with E-state index in [9.17, 15) is 9.59 Å². The van der Waals surface area contributed by atoms with Gasteiger partial charge in [0.25, 0.3) is 5.91 Å². The molecule has 0 bridgehead atoms. The van der Waals surface area contributed by atoms with Crippen molar-refractivity contribution in [3.63, 3.8) is 0 Å². The van der Waals surface area contributed by atoms with Crippen molar-refractivity contribution in [3.05, 3.63) is 24.3 Å². The van der Waals surface area contributed by atoms with Gasteiger partial charge < -0.3 is 20.7 Å². The van der Waals surface area contributed by atoms with E-state index in [1.165, 1.54) is 0 Å². The zero-order chi connectivity index (χ0) is 13.7. The highest BCUT2D eigenvalue weighted by molar-refractivity contribution is 5.98. The number of hydrogen-bond donors (Lipinski definition) is 2. The Balaban J connectivity index is 0.00000200. The van der Waals surface area contributed by atoms with Crippen molar-refractivity contribution >= 4 is 29.9 Å². The molecule has 0 fully saturated rings. The highest BCUT2D eigenvalue weighted by atomic mass is 35.5. The minimum Gasteiger partial charge on any atom is -0.482 e. The number of nitrogens with zero attached hydrogens (tertiary/aromatic N) is 1. The monoisotopic (exact) mass is 299 g/mol. The van der Waals surface area contributed by atoms with Gasteiger partial charge in [-0.1, -0.05) is 12.1 Å². The molecule has 0 saturated heterocycles. The molecule has 7 heteroatoms.